The zero-order valence-corrected chi connectivity index (χ0v) is 13.4. The third-order valence-electron chi connectivity index (χ3n) is 2.97. The smallest absolute Gasteiger partial charge is 0.339 e. The molecular weight excluding hydrogens is 344 g/mol. The molecule has 0 aromatic heterocycles. The van der Waals surface area contributed by atoms with Crippen LogP contribution in [0.4, 0.5) is 0 Å². The Morgan fingerprint density at radius 1 is 1.48 bits per heavy atom. The zero-order chi connectivity index (χ0) is 15.4. The van der Waals surface area contributed by atoms with Gasteiger partial charge in [0, 0.05) is 12.5 Å². The molecule has 1 unspecified atom stereocenters. The predicted molar refractivity (Wildman–Crippen MR) is 77.9 cm³/mol. The number of esters is 1. The summed E-state index contributed by atoms with van der Waals surface area (Å²) in [4.78, 5) is 11.9. The number of hydrogen-bond acceptors (Lipinski definition) is 6. The van der Waals surface area contributed by atoms with Crippen molar-refractivity contribution in [2.24, 2.45) is 0 Å². The molecule has 0 spiro atoms. The first kappa shape index (κ1) is 15.9. The van der Waals surface area contributed by atoms with E-state index in [4.69, 9.17) is 18.9 Å². The minimum Gasteiger partial charge on any atom is -0.495 e. The van der Waals surface area contributed by atoms with Crippen LogP contribution >= 0.6 is 15.9 Å². The number of hydrogen-bond donors (Lipinski definition) is 1. The van der Waals surface area contributed by atoms with E-state index in [2.05, 4.69) is 15.9 Å². The lowest BCUT2D eigenvalue weighted by Crippen LogP contribution is -2.17. The Morgan fingerprint density at radius 2 is 2.19 bits per heavy atom. The van der Waals surface area contributed by atoms with Gasteiger partial charge in [-0.15, -0.1) is 0 Å². The molecule has 1 aliphatic heterocycles. The van der Waals surface area contributed by atoms with Crippen LogP contribution in [0.1, 0.15) is 25.0 Å². The lowest BCUT2D eigenvalue weighted by atomic mass is 10.1. The molecule has 7 heteroatoms. The fourth-order valence-electron chi connectivity index (χ4n) is 2.08. The lowest BCUT2D eigenvalue weighted by Gasteiger charge is -2.20. The minimum absolute atomic E-state index is 0.172. The van der Waals surface area contributed by atoms with Crippen LogP contribution in [0.5, 0.6) is 17.2 Å². The highest BCUT2D eigenvalue weighted by Gasteiger charge is 2.31. The molecule has 0 aliphatic carbocycles. The maximum atomic E-state index is 11.9. The van der Waals surface area contributed by atoms with Gasteiger partial charge in [0.05, 0.1) is 37.0 Å². The molecule has 1 aromatic carbocycles. The van der Waals surface area contributed by atoms with Gasteiger partial charge >= 0.3 is 5.97 Å². The number of benzene rings is 1. The summed E-state index contributed by atoms with van der Waals surface area (Å²) in [5.41, 5.74) is 0.210. The van der Waals surface area contributed by atoms with Crippen molar-refractivity contribution in [1.29, 1.82) is 0 Å². The van der Waals surface area contributed by atoms with Crippen LogP contribution in [0.2, 0.25) is 0 Å². The van der Waals surface area contributed by atoms with E-state index in [0.717, 1.165) is 0 Å². The van der Waals surface area contributed by atoms with E-state index in [1.165, 1.54) is 7.11 Å². The first-order valence-corrected chi connectivity index (χ1v) is 7.40. The van der Waals surface area contributed by atoms with E-state index in [9.17, 15) is 9.90 Å². The first-order chi connectivity index (χ1) is 10.1. The molecule has 0 amide bonds. The largest absolute Gasteiger partial charge is 0.495 e. The van der Waals surface area contributed by atoms with E-state index in [1.807, 2.05) is 0 Å². The Bertz CT molecular complexity index is 531. The summed E-state index contributed by atoms with van der Waals surface area (Å²) in [7, 11) is 1.45. The summed E-state index contributed by atoms with van der Waals surface area (Å²) < 4.78 is 21.9. The second-order valence-electron chi connectivity index (χ2n) is 4.34. The molecule has 21 heavy (non-hydrogen) atoms. The van der Waals surface area contributed by atoms with Gasteiger partial charge in [-0.1, -0.05) is 0 Å². The number of halogens is 1. The Kier molecular flexibility index (Phi) is 5.30. The average molecular weight is 361 g/mol. The van der Waals surface area contributed by atoms with Crippen molar-refractivity contribution in [1.82, 2.24) is 0 Å². The third kappa shape index (κ3) is 3.24. The summed E-state index contributed by atoms with van der Waals surface area (Å²) in [6, 6.07) is 1.70. The topological polar surface area (TPSA) is 74.2 Å². The summed E-state index contributed by atoms with van der Waals surface area (Å²) in [5, 5.41) is 10.3. The van der Waals surface area contributed by atoms with Crippen molar-refractivity contribution >= 4 is 21.9 Å². The molecule has 0 radical (unpaired) electrons. The number of carbonyl (C=O) groups is 1. The number of fused-ring (bicyclic) bond motifs is 1. The maximum Gasteiger partial charge on any atom is 0.339 e. The number of carbonyl (C=O) groups excluding carboxylic acids is 1. The number of methoxy groups -OCH3 is 1. The molecule has 1 heterocycles. The summed E-state index contributed by atoms with van der Waals surface area (Å²) in [6.07, 6.45) is -0.795. The van der Waals surface area contributed by atoms with Crippen LogP contribution in [-0.2, 0) is 9.53 Å². The molecular formula is C14H17BrO6. The maximum absolute atomic E-state index is 11.9. The van der Waals surface area contributed by atoms with E-state index < -0.39 is 12.1 Å². The molecule has 6 nitrogen and oxygen atoms in total. The van der Waals surface area contributed by atoms with Gasteiger partial charge in [-0.2, -0.15) is 0 Å². The Hall–Kier alpha value is -1.47. The highest BCUT2D eigenvalue weighted by Crippen LogP contribution is 2.47. The van der Waals surface area contributed by atoms with Crippen molar-refractivity contribution < 1.29 is 28.8 Å². The van der Waals surface area contributed by atoms with Crippen LogP contribution in [0, 0.1) is 0 Å². The van der Waals surface area contributed by atoms with E-state index in [-0.39, 0.29) is 12.2 Å². The summed E-state index contributed by atoms with van der Waals surface area (Å²) >= 11 is 3.34. The van der Waals surface area contributed by atoms with Gasteiger partial charge in [0.15, 0.2) is 17.6 Å². The molecule has 116 valence electrons. The molecule has 1 aliphatic rings. The van der Waals surface area contributed by atoms with Crippen molar-refractivity contribution in [2.45, 2.75) is 19.4 Å². The highest BCUT2D eigenvalue weighted by atomic mass is 79.9. The average Bonchev–Trinajstić information content (AvgIpc) is 2.70. The Balaban J connectivity index is 2.55. The van der Waals surface area contributed by atoms with Gasteiger partial charge in [0.2, 0.25) is 0 Å². The molecule has 1 aromatic rings. The van der Waals surface area contributed by atoms with E-state index in [0.29, 0.717) is 41.4 Å². The van der Waals surface area contributed by atoms with Crippen LogP contribution in [0.15, 0.2) is 10.5 Å². The van der Waals surface area contributed by atoms with Gasteiger partial charge < -0.3 is 24.1 Å². The number of rotatable bonds is 4. The molecule has 0 saturated carbocycles. The second-order valence-corrected chi connectivity index (χ2v) is 5.19. The molecule has 1 N–H and O–H groups in total. The SMILES string of the molecule is CCOC(=O)C(O)c1c(OC)c(Br)cc2c1OCCCO2. The van der Waals surface area contributed by atoms with Gasteiger partial charge in [0.25, 0.3) is 0 Å². The summed E-state index contributed by atoms with van der Waals surface area (Å²) in [6.45, 7) is 2.77. The highest BCUT2D eigenvalue weighted by molar-refractivity contribution is 9.10. The van der Waals surface area contributed by atoms with Crippen molar-refractivity contribution in [3.05, 3.63) is 16.1 Å². The minimum atomic E-state index is -1.51. The van der Waals surface area contributed by atoms with Crippen LogP contribution in [0.3, 0.4) is 0 Å². The van der Waals surface area contributed by atoms with Crippen LogP contribution in [-0.4, -0.2) is 38.0 Å². The number of aliphatic hydroxyl groups is 1. The summed E-state index contributed by atoms with van der Waals surface area (Å²) in [5.74, 6) is 0.329. The zero-order valence-electron chi connectivity index (χ0n) is 11.8. The lowest BCUT2D eigenvalue weighted by molar-refractivity contribution is -0.153. The second kappa shape index (κ2) is 7.00. The fourth-order valence-corrected chi connectivity index (χ4v) is 2.66. The molecule has 0 bridgehead atoms. The third-order valence-corrected chi connectivity index (χ3v) is 3.56. The van der Waals surface area contributed by atoms with Gasteiger partial charge in [-0.25, -0.2) is 4.79 Å². The van der Waals surface area contributed by atoms with E-state index in [1.54, 1.807) is 13.0 Å². The quantitative estimate of drug-likeness (QED) is 0.829. The van der Waals surface area contributed by atoms with Crippen molar-refractivity contribution in [3.63, 3.8) is 0 Å². The first-order valence-electron chi connectivity index (χ1n) is 6.60. The Morgan fingerprint density at radius 3 is 2.86 bits per heavy atom. The molecule has 2 rings (SSSR count). The van der Waals surface area contributed by atoms with Crippen molar-refractivity contribution in [3.8, 4) is 17.2 Å². The standard InChI is InChI=1S/C14H17BrO6/c1-3-19-14(17)11(16)10-12(18-2)8(15)7-9-13(10)21-6-4-5-20-9/h7,11,16H,3-6H2,1-2H3. The number of ether oxygens (including phenoxy) is 4. The van der Waals surface area contributed by atoms with Crippen LogP contribution < -0.4 is 14.2 Å². The molecule has 1 atom stereocenters. The van der Waals surface area contributed by atoms with Gasteiger partial charge in [0.1, 0.15) is 5.75 Å². The Labute approximate surface area is 131 Å². The van der Waals surface area contributed by atoms with Gasteiger partial charge in [-0.05, 0) is 22.9 Å². The molecule has 0 saturated heterocycles. The van der Waals surface area contributed by atoms with Crippen molar-refractivity contribution in [2.75, 3.05) is 26.9 Å². The fraction of sp³-hybridized carbons (Fsp3) is 0.500. The predicted octanol–water partition coefficient (Wildman–Crippen LogP) is 2.22. The number of aliphatic hydroxyl groups excluding tert-OH is 1. The monoisotopic (exact) mass is 360 g/mol. The van der Waals surface area contributed by atoms with E-state index >= 15 is 0 Å². The van der Waals surface area contributed by atoms with Crippen LogP contribution in [0.25, 0.3) is 0 Å². The van der Waals surface area contributed by atoms with Gasteiger partial charge in [-0.3, -0.25) is 0 Å². The molecule has 0 fully saturated rings. The normalized spacial score (nSPS) is 15.0.